The van der Waals surface area contributed by atoms with E-state index in [1.165, 1.54) is 21.1 Å². The van der Waals surface area contributed by atoms with Crippen molar-refractivity contribution in [2.45, 2.75) is 273 Å². The van der Waals surface area contributed by atoms with Gasteiger partial charge >= 0.3 is 11.9 Å². The minimum absolute atomic E-state index is 0.0208. The van der Waals surface area contributed by atoms with Crippen molar-refractivity contribution in [3.05, 3.63) is 0 Å². The summed E-state index contributed by atoms with van der Waals surface area (Å²) in [6.45, 7) is 15.4. The quantitative estimate of drug-likeness (QED) is 0.0802. The van der Waals surface area contributed by atoms with Gasteiger partial charge in [-0.2, -0.15) is 0 Å². The van der Waals surface area contributed by atoms with Crippen LogP contribution in [-0.4, -0.2) is 214 Å². The summed E-state index contributed by atoms with van der Waals surface area (Å²) in [5.74, 6) is -1.25. The first kappa shape index (κ1) is 60.3. The summed E-state index contributed by atoms with van der Waals surface area (Å²) in [6, 6.07) is 0. The third-order valence-electron chi connectivity index (χ3n) is 20.0. The van der Waals surface area contributed by atoms with Gasteiger partial charge in [-0.1, -0.05) is 27.7 Å². The minimum Gasteiger partial charge on any atom is -0.462 e. The number of esters is 2. The normalized spacial score (nSPS) is 51.4. The van der Waals surface area contributed by atoms with E-state index in [-0.39, 0.29) is 60.9 Å². The Labute approximate surface area is 446 Å². The highest BCUT2D eigenvalue weighted by Gasteiger charge is 2.77. The fourth-order valence-corrected chi connectivity index (χ4v) is 15.2. The van der Waals surface area contributed by atoms with Gasteiger partial charge in [-0.05, 0) is 109 Å². The van der Waals surface area contributed by atoms with Crippen molar-refractivity contribution < 1.29 is 107 Å². The van der Waals surface area contributed by atoms with Crippen molar-refractivity contribution in [2.75, 3.05) is 20.8 Å². The Morgan fingerprint density at radius 1 is 0.671 bits per heavy atom. The lowest BCUT2D eigenvalue weighted by Gasteiger charge is -2.66. The molecule has 29 atom stereocenters. The fraction of sp³-hybridized carbons (Fsp3) is 0.963. The van der Waals surface area contributed by atoms with E-state index < -0.39 is 158 Å². The van der Waals surface area contributed by atoms with Gasteiger partial charge in [0.1, 0.15) is 72.7 Å². The Kier molecular flexibility index (Phi) is 18.7. The first-order valence-corrected chi connectivity index (χ1v) is 27.9. The van der Waals surface area contributed by atoms with Gasteiger partial charge in [0.25, 0.3) is 0 Å². The third-order valence-corrected chi connectivity index (χ3v) is 20.0. The summed E-state index contributed by atoms with van der Waals surface area (Å²) in [6.07, 6.45) is -15.5. The van der Waals surface area contributed by atoms with E-state index in [4.69, 9.17) is 56.8 Å². The maximum atomic E-state index is 13.1. The highest BCUT2D eigenvalue weighted by Crippen LogP contribution is 2.71. The van der Waals surface area contributed by atoms with Crippen LogP contribution in [0.5, 0.6) is 0 Å². The second-order valence-electron chi connectivity index (χ2n) is 24.1. The zero-order chi connectivity index (χ0) is 55.6. The molecule has 4 saturated carbocycles. The molecule has 22 heteroatoms. The molecule has 438 valence electrons. The minimum atomic E-state index is -1.68. The Bertz CT molecular complexity index is 1950. The van der Waals surface area contributed by atoms with Gasteiger partial charge < -0.3 is 97.7 Å². The van der Waals surface area contributed by atoms with Gasteiger partial charge in [0, 0.05) is 34.0 Å². The Morgan fingerprint density at radius 3 is 1.95 bits per heavy atom. The van der Waals surface area contributed by atoms with Crippen LogP contribution >= 0.6 is 0 Å². The number of carbonyl (C=O) groups is 2. The molecule has 0 radical (unpaired) electrons. The van der Waals surface area contributed by atoms with Crippen molar-refractivity contribution >= 4 is 11.9 Å². The second kappa shape index (κ2) is 23.6. The van der Waals surface area contributed by atoms with E-state index in [0.717, 1.165) is 19.3 Å². The lowest BCUT2D eigenvalue weighted by atomic mass is 9.42. The zero-order valence-electron chi connectivity index (χ0n) is 46.2. The van der Waals surface area contributed by atoms with E-state index in [1.54, 1.807) is 27.7 Å². The molecule has 8 aliphatic rings. The standard InChI is InChI=1S/C54H90O22/c1-12-24(2)48(62)70-28(6)53(63)17-18-54(64)32-14-13-30-19-31(15-16-51(30,8)33(32)20-37(52(53,54)9)71-29(7)56)72-38-21-34(57)44(25(3)67-38)74-39-22-35(65-10)45(26(4)68-39)75-50-43(61)47(66-11)46(27(5)69-50)76-49-42(60)41(59)40(58)36(23-55)73-49/h24-28,30-47,49-50,55,57-61,63-64H,12-23H2,1-11H3. The molecule has 76 heavy (non-hydrogen) atoms. The van der Waals surface area contributed by atoms with Crippen LogP contribution in [0.2, 0.25) is 0 Å². The van der Waals surface area contributed by atoms with Crippen molar-refractivity contribution in [2.24, 2.45) is 34.5 Å². The smallest absolute Gasteiger partial charge is 0.309 e. The SMILES string of the molecule is CCC(C)C(=O)OC(C)C1(O)CCC2(O)C3CCC4CC(OC5CC(O)C(OC6CC(OC)C(OC7OC(C)C(OC8OC(CO)C(O)C(O)C8O)C(OC)C7O)C(C)O6)C(C)O5)CCC4(C)C3CC(OC(C)=O)C12C. The van der Waals surface area contributed by atoms with E-state index in [2.05, 4.69) is 6.92 Å². The number of aliphatic hydroxyl groups is 8. The zero-order valence-corrected chi connectivity index (χ0v) is 46.2. The number of methoxy groups -OCH3 is 2. The molecule has 0 aromatic rings. The number of aliphatic hydroxyl groups excluding tert-OH is 6. The fourth-order valence-electron chi connectivity index (χ4n) is 15.2. The molecule has 0 amide bonds. The summed E-state index contributed by atoms with van der Waals surface area (Å²) in [5, 5.41) is 89.6. The molecule has 0 aromatic heterocycles. The summed E-state index contributed by atoms with van der Waals surface area (Å²) in [5.41, 5.74) is -4.57. The largest absolute Gasteiger partial charge is 0.462 e. The van der Waals surface area contributed by atoms with E-state index in [0.29, 0.717) is 25.7 Å². The summed E-state index contributed by atoms with van der Waals surface area (Å²) < 4.78 is 73.3. The molecule has 0 spiro atoms. The average Bonchev–Trinajstić information content (AvgIpc) is 3.87. The van der Waals surface area contributed by atoms with Crippen LogP contribution in [0.15, 0.2) is 0 Å². The van der Waals surface area contributed by atoms with Crippen LogP contribution in [-0.2, 0) is 66.4 Å². The molecule has 22 nitrogen and oxygen atoms in total. The number of carbonyl (C=O) groups excluding carboxylic acids is 2. The molecule has 0 bridgehead atoms. The van der Waals surface area contributed by atoms with E-state index >= 15 is 0 Å². The predicted molar refractivity (Wildman–Crippen MR) is 263 cm³/mol. The molecule has 4 aliphatic carbocycles. The Hall–Kier alpha value is -1.78. The van der Waals surface area contributed by atoms with Gasteiger partial charge in [0.2, 0.25) is 0 Å². The molecule has 0 aromatic carbocycles. The van der Waals surface area contributed by atoms with Crippen molar-refractivity contribution in [1.82, 2.24) is 0 Å². The van der Waals surface area contributed by atoms with Crippen LogP contribution < -0.4 is 0 Å². The van der Waals surface area contributed by atoms with Crippen LogP contribution in [0.3, 0.4) is 0 Å². The van der Waals surface area contributed by atoms with E-state index in [1.807, 2.05) is 20.8 Å². The van der Waals surface area contributed by atoms with Crippen LogP contribution in [0, 0.1) is 34.5 Å². The van der Waals surface area contributed by atoms with Gasteiger partial charge in [-0.15, -0.1) is 0 Å². The van der Waals surface area contributed by atoms with Gasteiger partial charge in [0.15, 0.2) is 25.2 Å². The summed E-state index contributed by atoms with van der Waals surface area (Å²) in [4.78, 5) is 25.8. The van der Waals surface area contributed by atoms with Crippen LogP contribution in [0.25, 0.3) is 0 Å². The van der Waals surface area contributed by atoms with Crippen LogP contribution in [0.1, 0.15) is 133 Å². The number of ether oxygens (including phenoxy) is 12. The van der Waals surface area contributed by atoms with Crippen molar-refractivity contribution in [3.63, 3.8) is 0 Å². The maximum Gasteiger partial charge on any atom is 0.309 e. The molecule has 8 N–H and O–H groups in total. The van der Waals surface area contributed by atoms with Gasteiger partial charge in [-0.25, -0.2) is 0 Å². The lowest BCUT2D eigenvalue weighted by Crippen LogP contribution is -2.72. The summed E-state index contributed by atoms with van der Waals surface area (Å²) >= 11 is 0. The average molecular weight is 1090 g/mol. The highest BCUT2D eigenvalue weighted by molar-refractivity contribution is 5.72. The van der Waals surface area contributed by atoms with Gasteiger partial charge in [-0.3, -0.25) is 9.59 Å². The number of rotatable bonds is 16. The number of hydrogen-bond acceptors (Lipinski definition) is 22. The molecule has 4 heterocycles. The topological polar surface area (TPSA) is 307 Å². The molecule has 4 aliphatic heterocycles. The second-order valence-corrected chi connectivity index (χ2v) is 24.1. The van der Waals surface area contributed by atoms with Crippen LogP contribution in [0.4, 0.5) is 0 Å². The molecule has 8 fully saturated rings. The lowest BCUT2D eigenvalue weighted by molar-refractivity contribution is -0.373. The first-order valence-electron chi connectivity index (χ1n) is 27.9. The molecule has 4 saturated heterocycles. The monoisotopic (exact) mass is 1090 g/mol. The third kappa shape index (κ3) is 10.8. The Balaban J connectivity index is 0.847. The number of hydrogen-bond donors (Lipinski definition) is 8. The highest BCUT2D eigenvalue weighted by atomic mass is 16.8. The maximum absolute atomic E-state index is 13.1. The van der Waals surface area contributed by atoms with Gasteiger partial charge in [0.05, 0.1) is 60.2 Å². The first-order chi connectivity index (χ1) is 35.8. The molecule has 29 unspecified atom stereocenters. The predicted octanol–water partition coefficient (Wildman–Crippen LogP) is 1.50. The van der Waals surface area contributed by atoms with Crippen molar-refractivity contribution in [3.8, 4) is 0 Å². The molecule has 8 rings (SSSR count). The summed E-state index contributed by atoms with van der Waals surface area (Å²) in [7, 11) is 2.87. The van der Waals surface area contributed by atoms with Crippen molar-refractivity contribution in [1.29, 1.82) is 0 Å². The Morgan fingerprint density at radius 2 is 1.32 bits per heavy atom. The molecular formula is C54H90O22. The van der Waals surface area contributed by atoms with E-state index in [9.17, 15) is 50.4 Å². The molecular weight excluding hydrogens is 1000 g/mol. The number of fused-ring (bicyclic) bond motifs is 5.